The smallest absolute Gasteiger partial charge is 0.317 e. The Morgan fingerprint density at radius 2 is 1.93 bits per heavy atom. The van der Waals surface area contributed by atoms with E-state index in [0.29, 0.717) is 32.0 Å². The summed E-state index contributed by atoms with van der Waals surface area (Å²) in [6.07, 6.45) is 2.35. The number of carboxylic acid groups (broad SMARTS) is 1. The molecule has 0 aliphatic heterocycles. The standard InChI is InChI=1S/C24H26N2O4/c1-3-14-26(17-23(27)28)16-19-9-11-21(12-10-19)29-15-13-22-18(2)30-24(25-22)20-7-5-4-6-8-20/h3-12H,1,13-17H2,2H3,(H,27,28). The molecule has 0 saturated carbocycles. The predicted octanol–water partition coefficient (Wildman–Crippen LogP) is 4.34. The van der Waals surface area contributed by atoms with E-state index in [1.54, 1.807) is 6.08 Å². The Kier molecular flexibility index (Phi) is 7.40. The van der Waals surface area contributed by atoms with Crippen LogP contribution in [0.25, 0.3) is 11.5 Å². The van der Waals surface area contributed by atoms with E-state index in [4.69, 9.17) is 14.3 Å². The van der Waals surface area contributed by atoms with E-state index in [1.165, 1.54) is 0 Å². The van der Waals surface area contributed by atoms with Crippen molar-refractivity contribution in [2.45, 2.75) is 19.9 Å². The quantitative estimate of drug-likeness (QED) is 0.477. The molecule has 3 rings (SSSR count). The van der Waals surface area contributed by atoms with Crippen LogP contribution in [0.2, 0.25) is 0 Å². The average molecular weight is 406 g/mol. The highest BCUT2D eigenvalue weighted by molar-refractivity contribution is 5.69. The summed E-state index contributed by atoms with van der Waals surface area (Å²) >= 11 is 0. The van der Waals surface area contributed by atoms with Gasteiger partial charge in [-0.2, -0.15) is 0 Å². The fraction of sp³-hybridized carbons (Fsp3) is 0.250. The summed E-state index contributed by atoms with van der Waals surface area (Å²) in [5.41, 5.74) is 2.86. The maximum absolute atomic E-state index is 11.0. The Morgan fingerprint density at radius 3 is 2.60 bits per heavy atom. The van der Waals surface area contributed by atoms with Crippen molar-refractivity contribution in [2.75, 3.05) is 19.7 Å². The predicted molar refractivity (Wildman–Crippen MR) is 115 cm³/mol. The van der Waals surface area contributed by atoms with E-state index in [1.807, 2.05) is 66.4 Å². The first-order valence-corrected chi connectivity index (χ1v) is 9.83. The summed E-state index contributed by atoms with van der Waals surface area (Å²) in [6, 6.07) is 17.5. The highest BCUT2D eigenvalue weighted by atomic mass is 16.5. The molecule has 1 heterocycles. The summed E-state index contributed by atoms with van der Waals surface area (Å²) < 4.78 is 11.6. The van der Waals surface area contributed by atoms with Crippen LogP contribution >= 0.6 is 0 Å². The molecule has 2 aromatic carbocycles. The summed E-state index contributed by atoms with van der Waals surface area (Å²) in [4.78, 5) is 17.4. The van der Waals surface area contributed by atoms with Crippen LogP contribution in [-0.4, -0.2) is 40.7 Å². The number of oxazole rings is 1. The second-order valence-electron chi connectivity index (χ2n) is 6.98. The van der Waals surface area contributed by atoms with Gasteiger partial charge in [-0.3, -0.25) is 9.69 Å². The van der Waals surface area contributed by atoms with E-state index < -0.39 is 5.97 Å². The first-order valence-electron chi connectivity index (χ1n) is 9.83. The summed E-state index contributed by atoms with van der Waals surface area (Å²) in [7, 11) is 0. The molecule has 0 spiro atoms. The van der Waals surface area contributed by atoms with Crippen LogP contribution in [0.15, 0.2) is 71.7 Å². The lowest BCUT2D eigenvalue weighted by Crippen LogP contribution is -2.29. The van der Waals surface area contributed by atoms with E-state index in [2.05, 4.69) is 11.6 Å². The van der Waals surface area contributed by atoms with Gasteiger partial charge in [0.15, 0.2) is 0 Å². The van der Waals surface area contributed by atoms with Crippen LogP contribution in [0.1, 0.15) is 17.0 Å². The summed E-state index contributed by atoms with van der Waals surface area (Å²) in [5, 5.41) is 9.00. The minimum Gasteiger partial charge on any atom is -0.493 e. The average Bonchev–Trinajstić information content (AvgIpc) is 3.10. The van der Waals surface area contributed by atoms with Crippen LogP contribution in [0.3, 0.4) is 0 Å². The zero-order valence-corrected chi connectivity index (χ0v) is 17.1. The molecule has 3 aromatic rings. The topological polar surface area (TPSA) is 75.8 Å². The number of nitrogens with zero attached hydrogens (tertiary/aromatic N) is 2. The lowest BCUT2D eigenvalue weighted by atomic mass is 10.2. The monoisotopic (exact) mass is 406 g/mol. The van der Waals surface area contributed by atoms with Gasteiger partial charge in [-0.05, 0) is 36.8 Å². The Hall–Kier alpha value is -3.38. The molecule has 6 heteroatoms. The molecule has 30 heavy (non-hydrogen) atoms. The highest BCUT2D eigenvalue weighted by Crippen LogP contribution is 2.22. The number of aliphatic carboxylic acids is 1. The van der Waals surface area contributed by atoms with Crippen molar-refractivity contribution >= 4 is 5.97 Å². The molecular weight excluding hydrogens is 380 g/mol. The van der Waals surface area contributed by atoms with Crippen LogP contribution in [0.5, 0.6) is 5.75 Å². The zero-order chi connectivity index (χ0) is 21.3. The number of rotatable bonds is 11. The molecule has 6 nitrogen and oxygen atoms in total. The van der Waals surface area contributed by atoms with Crippen LogP contribution in [-0.2, 0) is 17.8 Å². The number of hydrogen-bond donors (Lipinski definition) is 1. The van der Waals surface area contributed by atoms with E-state index in [9.17, 15) is 4.79 Å². The molecule has 0 unspecified atom stereocenters. The minimum absolute atomic E-state index is 0.0215. The Balaban J connectivity index is 1.52. The van der Waals surface area contributed by atoms with Crippen molar-refractivity contribution in [3.63, 3.8) is 0 Å². The third-order valence-corrected chi connectivity index (χ3v) is 4.60. The van der Waals surface area contributed by atoms with Crippen molar-refractivity contribution in [3.05, 3.63) is 84.3 Å². The lowest BCUT2D eigenvalue weighted by molar-refractivity contribution is -0.138. The Morgan fingerprint density at radius 1 is 1.20 bits per heavy atom. The normalized spacial score (nSPS) is 10.9. The lowest BCUT2D eigenvalue weighted by Gasteiger charge is -2.18. The van der Waals surface area contributed by atoms with E-state index >= 15 is 0 Å². The van der Waals surface area contributed by atoms with Crippen molar-refractivity contribution in [1.29, 1.82) is 0 Å². The Labute approximate surface area is 176 Å². The molecule has 0 atom stereocenters. The third kappa shape index (κ3) is 6.06. The number of carboxylic acids is 1. The molecule has 1 N–H and O–H groups in total. The number of aromatic nitrogens is 1. The number of aryl methyl sites for hydroxylation is 1. The fourth-order valence-corrected chi connectivity index (χ4v) is 3.14. The molecule has 0 radical (unpaired) electrons. The van der Waals surface area contributed by atoms with Crippen molar-refractivity contribution < 1.29 is 19.1 Å². The van der Waals surface area contributed by atoms with Gasteiger partial charge in [-0.1, -0.05) is 36.4 Å². The van der Waals surface area contributed by atoms with Gasteiger partial charge in [0, 0.05) is 25.1 Å². The molecule has 0 aliphatic rings. The van der Waals surface area contributed by atoms with Gasteiger partial charge in [-0.15, -0.1) is 6.58 Å². The second kappa shape index (κ2) is 10.4. The fourth-order valence-electron chi connectivity index (χ4n) is 3.14. The number of benzene rings is 2. The largest absolute Gasteiger partial charge is 0.493 e. The molecule has 156 valence electrons. The molecule has 0 bridgehead atoms. The van der Waals surface area contributed by atoms with Gasteiger partial charge in [0.05, 0.1) is 18.8 Å². The van der Waals surface area contributed by atoms with Gasteiger partial charge in [-0.25, -0.2) is 4.98 Å². The second-order valence-corrected chi connectivity index (χ2v) is 6.98. The highest BCUT2D eigenvalue weighted by Gasteiger charge is 2.12. The number of carbonyl (C=O) groups is 1. The number of ether oxygens (including phenoxy) is 1. The minimum atomic E-state index is -0.852. The summed E-state index contributed by atoms with van der Waals surface area (Å²) in [6.45, 7) is 7.12. The molecule has 0 fully saturated rings. The van der Waals surface area contributed by atoms with Gasteiger partial charge in [0.2, 0.25) is 5.89 Å². The third-order valence-electron chi connectivity index (χ3n) is 4.60. The van der Waals surface area contributed by atoms with Crippen LogP contribution in [0.4, 0.5) is 0 Å². The van der Waals surface area contributed by atoms with Gasteiger partial charge >= 0.3 is 5.97 Å². The Bertz CT molecular complexity index is 965. The zero-order valence-electron chi connectivity index (χ0n) is 17.1. The van der Waals surface area contributed by atoms with E-state index in [-0.39, 0.29) is 6.54 Å². The molecule has 1 aromatic heterocycles. The first-order chi connectivity index (χ1) is 14.5. The van der Waals surface area contributed by atoms with Gasteiger partial charge in [0.1, 0.15) is 11.5 Å². The van der Waals surface area contributed by atoms with Crippen molar-refractivity contribution in [3.8, 4) is 17.2 Å². The van der Waals surface area contributed by atoms with Gasteiger partial charge < -0.3 is 14.3 Å². The maximum atomic E-state index is 11.0. The van der Waals surface area contributed by atoms with Crippen LogP contribution < -0.4 is 4.74 Å². The van der Waals surface area contributed by atoms with Gasteiger partial charge in [0.25, 0.3) is 0 Å². The van der Waals surface area contributed by atoms with Crippen LogP contribution in [0, 0.1) is 6.92 Å². The molecule has 0 aliphatic carbocycles. The molecule has 0 saturated heterocycles. The molecular formula is C24H26N2O4. The van der Waals surface area contributed by atoms with E-state index in [0.717, 1.165) is 28.3 Å². The number of hydrogen-bond acceptors (Lipinski definition) is 5. The summed E-state index contributed by atoms with van der Waals surface area (Å²) in [5.74, 6) is 1.33. The first kappa shape index (κ1) is 21.3. The maximum Gasteiger partial charge on any atom is 0.317 e. The van der Waals surface area contributed by atoms with Crippen molar-refractivity contribution in [1.82, 2.24) is 9.88 Å². The van der Waals surface area contributed by atoms with Crippen molar-refractivity contribution in [2.24, 2.45) is 0 Å². The SMILES string of the molecule is C=CCN(CC(=O)O)Cc1ccc(OCCc2nc(-c3ccccc3)oc2C)cc1. The molecule has 0 amide bonds.